The molecule has 1 aliphatic rings. The molecule has 0 aliphatic heterocycles. The monoisotopic (exact) mass is 291 g/mol. The van der Waals surface area contributed by atoms with E-state index in [1.165, 1.54) is 24.2 Å². The molecule has 0 bridgehead atoms. The maximum atomic E-state index is 5.99. The van der Waals surface area contributed by atoms with Gasteiger partial charge in [0.05, 0.1) is 0 Å². The predicted molar refractivity (Wildman–Crippen MR) is 75.5 cm³/mol. The van der Waals surface area contributed by atoms with Crippen molar-refractivity contribution in [2.45, 2.75) is 18.8 Å². The van der Waals surface area contributed by atoms with E-state index in [4.69, 9.17) is 17.3 Å². The second-order valence-corrected chi connectivity index (χ2v) is 6.06. The minimum absolute atomic E-state index is 0.521. The maximum absolute atomic E-state index is 5.99. The molecule has 2 heterocycles. The van der Waals surface area contributed by atoms with Gasteiger partial charge in [0.15, 0.2) is 5.82 Å². The van der Waals surface area contributed by atoms with Crippen molar-refractivity contribution in [1.82, 2.24) is 19.8 Å². The number of nitrogen functional groups attached to an aromatic ring is 1. The number of hydrogen-bond acceptors (Lipinski definition) is 5. The summed E-state index contributed by atoms with van der Waals surface area (Å²) < 4.78 is 1.84. The van der Waals surface area contributed by atoms with E-state index in [2.05, 4.69) is 15.3 Å². The summed E-state index contributed by atoms with van der Waals surface area (Å²) in [5.41, 5.74) is 7.51. The van der Waals surface area contributed by atoms with Crippen LogP contribution in [0, 0.1) is 0 Å². The molecular formula is C12H10ClN5S. The number of fused-ring (bicyclic) bond motifs is 1. The molecule has 3 aromatic rings. The summed E-state index contributed by atoms with van der Waals surface area (Å²) in [6, 6.07) is 5.44. The quantitative estimate of drug-likeness (QED) is 0.737. The first kappa shape index (κ1) is 11.2. The van der Waals surface area contributed by atoms with Gasteiger partial charge in [-0.1, -0.05) is 22.9 Å². The van der Waals surface area contributed by atoms with Crippen LogP contribution in [0.5, 0.6) is 0 Å². The van der Waals surface area contributed by atoms with Gasteiger partial charge in [0, 0.05) is 22.2 Å². The SMILES string of the molecule is Nc1cc(Cl)ccc1-c1nn2c(C3CC3)nnc2s1. The molecule has 0 amide bonds. The number of aromatic nitrogens is 4. The zero-order chi connectivity index (χ0) is 13.0. The van der Waals surface area contributed by atoms with Gasteiger partial charge in [0.2, 0.25) is 4.96 Å². The highest BCUT2D eigenvalue weighted by atomic mass is 35.5. The van der Waals surface area contributed by atoms with Gasteiger partial charge in [-0.3, -0.25) is 0 Å². The number of benzene rings is 1. The summed E-state index contributed by atoms with van der Waals surface area (Å²) in [5.74, 6) is 1.48. The van der Waals surface area contributed by atoms with Gasteiger partial charge in [-0.25, -0.2) is 0 Å². The summed E-state index contributed by atoms with van der Waals surface area (Å²) in [7, 11) is 0. The Morgan fingerprint density at radius 3 is 2.89 bits per heavy atom. The first-order valence-electron chi connectivity index (χ1n) is 6.00. The summed E-state index contributed by atoms with van der Waals surface area (Å²) in [4.78, 5) is 0.811. The van der Waals surface area contributed by atoms with Gasteiger partial charge < -0.3 is 5.73 Å². The Balaban J connectivity index is 1.86. The van der Waals surface area contributed by atoms with Gasteiger partial charge >= 0.3 is 0 Å². The summed E-state index contributed by atoms with van der Waals surface area (Å²) in [6.07, 6.45) is 2.35. The van der Waals surface area contributed by atoms with Crippen LogP contribution < -0.4 is 5.73 Å². The minimum atomic E-state index is 0.521. The number of nitrogens with two attached hydrogens (primary N) is 1. The zero-order valence-electron chi connectivity index (χ0n) is 9.88. The van der Waals surface area contributed by atoms with Crippen molar-refractivity contribution in [3.05, 3.63) is 29.0 Å². The van der Waals surface area contributed by atoms with Crippen LogP contribution in [0.3, 0.4) is 0 Å². The van der Waals surface area contributed by atoms with Crippen LogP contribution in [-0.2, 0) is 0 Å². The van der Waals surface area contributed by atoms with Crippen molar-refractivity contribution >= 4 is 33.6 Å². The Hall–Kier alpha value is -1.66. The van der Waals surface area contributed by atoms with E-state index in [0.29, 0.717) is 16.6 Å². The summed E-state index contributed by atoms with van der Waals surface area (Å²) in [5, 5.41) is 14.4. The normalized spacial score (nSPS) is 15.2. The molecule has 1 saturated carbocycles. The first-order valence-corrected chi connectivity index (χ1v) is 7.19. The molecule has 0 radical (unpaired) electrons. The Labute approximate surface area is 118 Å². The second-order valence-electron chi connectivity index (χ2n) is 4.67. The lowest BCUT2D eigenvalue weighted by molar-refractivity contribution is 0.828. The number of anilines is 1. The molecule has 19 heavy (non-hydrogen) atoms. The van der Waals surface area contributed by atoms with Crippen molar-refractivity contribution in [2.75, 3.05) is 5.73 Å². The van der Waals surface area contributed by atoms with Crippen LogP contribution in [0.15, 0.2) is 18.2 Å². The average Bonchev–Trinajstić information content (AvgIpc) is 2.99. The van der Waals surface area contributed by atoms with Gasteiger partial charge in [-0.05, 0) is 31.0 Å². The molecule has 96 valence electrons. The highest BCUT2D eigenvalue weighted by Gasteiger charge is 2.30. The van der Waals surface area contributed by atoms with Gasteiger partial charge in [0.1, 0.15) is 5.01 Å². The van der Waals surface area contributed by atoms with Crippen molar-refractivity contribution in [3.8, 4) is 10.6 Å². The topological polar surface area (TPSA) is 69.1 Å². The fourth-order valence-corrected chi connectivity index (χ4v) is 3.14. The highest BCUT2D eigenvalue weighted by Crippen LogP contribution is 2.40. The van der Waals surface area contributed by atoms with E-state index in [-0.39, 0.29) is 0 Å². The van der Waals surface area contributed by atoms with E-state index in [0.717, 1.165) is 21.4 Å². The first-order chi connectivity index (χ1) is 9.22. The molecule has 0 spiro atoms. The largest absolute Gasteiger partial charge is 0.398 e. The molecule has 0 saturated heterocycles. The second kappa shape index (κ2) is 3.91. The predicted octanol–water partition coefficient (Wildman–Crippen LogP) is 2.97. The minimum Gasteiger partial charge on any atom is -0.398 e. The van der Waals surface area contributed by atoms with Gasteiger partial charge in [-0.15, -0.1) is 10.2 Å². The lowest BCUT2D eigenvalue weighted by atomic mass is 10.2. The van der Waals surface area contributed by atoms with E-state index in [1.807, 2.05) is 16.6 Å². The third-order valence-electron chi connectivity index (χ3n) is 3.20. The number of rotatable bonds is 2. The van der Waals surface area contributed by atoms with Crippen LogP contribution in [0.1, 0.15) is 24.6 Å². The molecule has 2 N–H and O–H groups in total. The molecule has 0 atom stereocenters. The molecule has 0 unspecified atom stereocenters. The van der Waals surface area contributed by atoms with E-state index in [9.17, 15) is 0 Å². The molecule has 5 nitrogen and oxygen atoms in total. The standard InChI is InChI=1S/C12H10ClN5S/c13-7-3-4-8(9(14)5-7)11-17-18-10(6-1-2-6)15-16-12(18)19-11/h3-6H,1-2,14H2. The van der Waals surface area contributed by atoms with E-state index < -0.39 is 0 Å². The van der Waals surface area contributed by atoms with Crippen LogP contribution in [-0.4, -0.2) is 19.8 Å². The zero-order valence-corrected chi connectivity index (χ0v) is 11.4. The van der Waals surface area contributed by atoms with Crippen LogP contribution in [0.2, 0.25) is 5.02 Å². The third kappa shape index (κ3) is 1.79. The lowest BCUT2D eigenvalue weighted by Gasteiger charge is -2.01. The molecule has 1 fully saturated rings. The Kier molecular flexibility index (Phi) is 2.31. The highest BCUT2D eigenvalue weighted by molar-refractivity contribution is 7.19. The molecule has 2 aromatic heterocycles. The van der Waals surface area contributed by atoms with Gasteiger partial charge in [-0.2, -0.15) is 9.61 Å². The van der Waals surface area contributed by atoms with Crippen molar-refractivity contribution in [1.29, 1.82) is 0 Å². The molecule has 4 rings (SSSR count). The number of nitrogens with zero attached hydrogens (tertiary/aromatic N) is 4. The fourth-order valence-electron chi connectivity index (χ4n) is 2.07. The summed E-state index contributed by atoms with van der Waals surface area (Å²) in [6.45, 7) is 0. The van der Waals surface area contributed by atoms with Crippen LogP contribution in [0.4, 0.5) is 5.69 Å². The molecule has 7 heteroatoms. The fraction of sp³-hybridized carbons (Fsp3) is 0.250. The van der Waals surface area contributed by atoms with Crippen molar-refractivity contribution in [2.24, 2.45) is 0 Å². The lowest BCUT2D eigenvalue weighted by Crippen LogP contribution is -1.94. The molecule has 1 aromatic carbocycles. The smallest absolute Gasteiger partial charge is 0.234 e. The van der Waals surface area contributed by atoms with Crippen molar-refractivity contribution in [3.63, 3.8) is 0 Å². The van der Waals surface area contributed by atoms with Gasteiger partial charge in [0.25, 0.3) is 0 Å². The third-order valence-corrected chi connectivity index (χ3v) is 4.37. The number of hydrogen-bond donors (Lipinski definition) is 1. The Bertz CT molecular complexity index is 774. The van der Waals surface area contributed by atoms with Crippen molar-refractivity contribution < 1.29 is 0 Å². The summed E-state index contributed by atoms with van der Waals surface area (Å²) >= 11 is 7.40. The van der Waals surface area contributed by atoms with E-state index >= 15 is 0 Å². The maximum Gasteiger partial charge on any atom is 0.234 e. The van der Waals surface area contributed by atoms with E-state index in [1.54, 1.807) is 6.07 Å². The molecule has 1 aliphatic carbocycles. The van der Waals surface area contributed by atoms with Crippen LogP contribution >= 0.6 is 22.9 Å². The Morgan fingerprint density at radius 1 is 1.32 bits per heavy atom. The number of halogens is 1. The van der Waals surface area contributed by atoms with Crippen LogP contribution in [0.25, 0.3) is 15.5 Å². The average molecular weight is 292 g/mol. The Morgan fingerprint density at radius 2 is 2.16 bits per heavy atom. The molecular weight excluding hydrogens is 282 g/mol.